The maximum Gasteiger partial charge on any atom is 0.0392 e. The Hall–Kier alpha value is -0.760. The number of nitrogens with one attached hydrogen (secondary N) is 1. The van der Waals surface area contributed by atoms with E-state index in [-0.39, 0.29) is 5.54 Å². The molecule has 1 heterocycles. The fourth-order valence-electron chi connectivity index (χ4n) is 1.84. The Kier molecular flexibility index (Phi) is 3.38. The lowest BCUT2D eigenvalue weighted by molar-refractivity contribution is 0.0888. The van der Waals surface area contributed by atoms with Crippen LogP contribution in [-0.4, -0.2) is 21.5 Å². The van der Waals surface area contributed by atoms with Crippen LogP contribution in [-0.2, 0) is 6.54 Å². The van der Waals surface area contributed by atoms with Gasteiger partial charge in [-0.15, -0.1) is 0 Å². The average Bonchev–Trinajstić information content (AvgIpc) is 2.48. The Morgan fingerprint density at radius 2 is 2.00 bits per heavy atom. The maximum absolute atomic E-state index is 3.25. The molecule has 0 atom stereocenters. The highest BCUT2D eigenvalue weighted by atomic mass is 15.2. The van der Waals surface area contributed by atoms with Crippen molar-refractivity contribution in [3.63, 3.8) is 0 Å². The monoisotopic (exact) mass is 194 g/mol. The van der Waals surface area contributed by atoms with Gasteiger partial charge in [0.2, 0.25) is 0 Å². The van der Waals surface area contributed by atoms with Crippen molar-refractivity contribution in [2.45, 2.75) is 52.7 Å². The van der Waals surface area contributed by atoms with Gasteiger partial charge in [-0.25, -0.2) is 0 Å². The SMILES string of the molecule is CC(C)N(Cc1ccc[nH]1)C(C)(C)C. The van der Waals surface area contributed by atoms with Gasteiger partial charge < -0.3 is 4.98 Å². The van der Waals surface area contributed by atoms with Gasteiger partial charge in [0.05, 0.1) is 0 Å². The zero-order chi connectivity index (χ0) is 10.8. The van der Waals surface area contributed by atoms with E-state index >= 15 is 0 Å². The van der Waals surface area contributed by atoms with Crippen LogP contribution in [0.1, 0.15) is 40.3 Å². The topological polar surface area (TPSA) is 19.0 Å². The number of rotatable bonds is 3. The van der Waals surface area contributed by atoms with E-state index in [1.165, 1.54) is 5.69 Å². The lowest BCUT2D eigenvalue weighted by Crippen LogP contribution is -2.45. The van der Waals surface area contributed by atoms with Crippen molar-refractivity contribution in [2.24, 2.45) is 0 Å². The van der Waals surface area contributed by atoms with Crippen LogP contribution >= 0.6 is 0 Å². The highest BCUT2D eigenvalue weighted by Crippen LogP contribution is 2.19. The first-order valence-corrected chi connectivity index (χ1v) is 5.30. The van der Waals surface area contributed by atoms with Gasteiger partial charge in [-0.05, 0) is 46.8 Å². The summed E-state index contributed by atoms with van der Waals surface area (Å²) in [6.45, 7) is 12.3. The van der Waals surface area contributed by atoms with Crippen LogP contribution in [0.4, 0.5) is 0 Å². The van der Waals surface area contributed by atoms with E-state index in [0.29, 0.717) is 6.04 Å². The molecule has 0 aliphatic rings. The fourth-order valence-corrected chi connectivity index (χ4v) is 1.84. The van der Waals surface area contributed by atoms with Gasteiger partial charge in [-0.1, -0.05) is 0 Å². The van der Waals surface area contributed by atoms with E-state index in [9.17, 15) is 0 Å². The van der Waals surface area contributed by atoms with Crippen LogP contribution in [0.2, 0.25) is 0 Å². The van der Waals surface area contributed by atoms with Gasteiger partial charge in [0.15, 0.2) is 0 Å². The second kappa shape index (κ2) is 4.18. The van der Waals surface area contributed by atoms with Crippen LogP contribution in [0.15, 0.2) is 18.3 Å². The molecule has 0 radical (unpaired) electrons. The second-order valence-corrected chi connectivity index (χ2v) is 5.09. The molecular formula is C12H22N2. The molecule has 0 aliphatic carbocycles. The maximum atomic E-state index is 3.25. The van der Waals surface area contributed by atoms with Crippen molar-refractivity contribution < 1.29 is 0 Å². The minimum absolute atomic E-state index is 0.222. The van der Waals surface area contributed by atoms with E-state index in [0.717, 1.165) is 6.54 Å². The highest BCUT2D eigenvalue weighted by molar-refractivity contribution is 5.04. The van der Waals surface area contributed by atoms with Crippen molar-refractivity contribution in [1.29, 1.82) is 0 Å². The number of hydrogen-bond donors (Lipinski definition) is 1. The Bertz CT molecular complexity index is 254. The molecule has 0 amide bonds. The van der Waals surface area contributed by atoms with Crippen molar-refractivity contribution in [3.05, 3.63) is 24.0 Å². The van der Waals surface area contributed by atoms with Crippen molar-refractivity contribution in [3.8, 4) is 0 Å². The molecule has 0 unspecified atom stereocenters. The summed E-state index contributed by atoms with van der Waals surface area (Å²) in [7, 11) is 0. The molecule has 0 saturated carbocycles. The van der Waals surface area contributed by atoms with Crippen molar-refractivity contribution in [1.82, 2.24) is 9.88 Å². The summed E-state index contributed by atoms with van der Waals surface area (Å²) in [6, 6.07) is 4.76. The summed E-state index contributed by atoms with van der Waals surface area (Å²) in [4.78, 5) is 5.74. The molecule has 1 aromatic rings. The molecular weight excluding hydrogens is 172 g/mol. The van der Waals surface area contributed by atoms with Crippen LogP contribution < -0.4 is 0 Å². The summed E-state index contributed by atoms with van der Waals surface area (Å²) in [5, 5.41) is 0. The molecule has 2 heteroatoms. The zero-order valence-corrected chi connectivity index (χ0v) is 9.96. The summed E-state index contributed by atoms with van der Waals surface area (Å²) < 4.78 is 0. The summed E-state index contributed by atoms with van der Waals surface area (Å²) in [5.41, 5.74) is 1.51. The molecule has 0 aromatic carbocycles. The Morgan fingerprint density at radius 3 is 2.36 bits per heavy atom. The molecule has 2 nitrogen and oxygen atoms in total. The third-order valence-electron chi connectivity index (χ3n) is 2.49. The molecule has 1 aromatic heterocycles. The number of aromatic nitrogens is 1. The molecule has 1 rings (SSSR count). The third-order valence-corrected chi connectivity index (χ3v) is 2.49. The smallest absolute Gasteiger partial charge is 0.0392 e. The highest BCUT2D eigenvalue weighted by Gasteiger charge is 2.23. The average molecular weight is 194 g/mol. The Labute approximate surface area is 87.3 Å². The third kappa shape index (κ3) is 2.88. The van der Waals surface area contributed by atoms with E-state index < -0.39 is 0 Å². The molecule has 80 valence electrons. The molecule has 14 heavy (non-hydrogen) atoms. The normalized spacial score (nSPS) is 12.8. The molecule has 0 bridgehead atoms. The predicted molar refractivity (Wildman–Crippen MR) is 61.2 cm³/mol. The van der Waals surface area contributed by atoms with E-state index in [1.54, 1.807) is 0 Å². The lowest BCUT2D eigenvalue weighted by Gasteiger charge is -2.38. The van der Waals surface area contributed by atoms with Crippen molar-refractivity contribution in [2.75, 3.05) is 0 Å². The number of nitrogens with zero attached hydrogens (tertiary/aromatic N) is 1. The van der Waals surface area contributed by atoms with E-state index in [1.807, 2.05) is 6.20 Å². The first kappa shape index (κ1) is 11.3. The first-order chi connectivity index (χ1) is 6.41. The van der Waals surface area contributed by atoms with Crippen LogP contribution in [0.25, 0.3) is 0 Å². The number of hydrogen-bond acceptors (Lipinski definition) is 1. The van der Waals surface area contributed by atoms with Gasteiger partial charge in [-0.2, -0.15) is 0 Å². The Morgan fingerprint density at radius 1 is 1.36 bits per heavy atom. The van der Waals surface area contributed by atoms with Gasteiger partial charge in [0, 0.05) is 30.0 Å². The molecule has 1 N–H and O–H groups in total. The lowest BCUT2D eigenvalue weighted by atomic mass is 10.0. The minimum Gasteiger partial charge on any atom is -0.364 e. The Balaban J connectivity index is 2.71. The van der Waals surface area contributed by atoms with Gasteiger partial charge >= 0.3 is 0 Å². The van der Waals surface area contributed by atoms with Gasteiger partial charge in [0.25, 0.3) is 0 Å². The van der Waals surface area contributed by atoms with Crippen molar-refractivity contribution >= 4 is 0 Å². The van der Waals surface area contributed by atoms with E-state index in [2.05, 4.69) is 56.6 Å². The zero-order valence-electron chi connectivity index (χ0n) is 9.96. The van der Waals surface area contributed by atoms with Gasteiger partial charge in [0.1, 0.15) is 0 Å². The first-order valence-electron chi connectivity index (χ1n) is 5.30. The number of H-pyrrole nitrogens is 1. The second-order valence-electron chi connectivity index (χ2n) is 5.09. The summed E-state index contributed by atoms with van der Waals surface area (Å²) >= 11 is 0. The largest absolute Gasteiger partial charge is 0.364 e. The predicted octanol–water partition coefficient (Wildman–Crippen LogP) is 3.02. The number of aromatic amines is 1. The van der Waals surface area contributed by atoms with Crippen LogP contribution in [0.5, 0.6) is 0 Å². The fraction of sp³-hybridized carbons (Fsp3) is 0.667. The van der Waals surface area contributed by atoms with Crippen LogP contribution in [0, 0.1) is 0 Å². The summed E-state index contributed by atoms with van der Waals surface area (Å²) in [5.74, 6) is 0. The summed E-state index contributed by atoms with van der Waals surface area (Å²) in [6.07, 6.45) is 1.98. The minimum atomic E-state index is 0.222. The van der Waals surface area contributed by atoms with E-state index in [4.69, 9.17) is 0 Å². The van der Waals surface area contributed by atoms with Gasteiger partial charge in [-0.3, -0.25) is 4.90 Å². The molecule has 0 spiro atoms. The molecule has 0 aliphatic heterocycles. The molecule has 0 fully saturated rings. The van der Waals surface area contributed by atoms with Crippen LogP contribution in [0.3, 0.4) is 0 Å². The molecule has 0 saturated heterocycles. The quantitative estimate of drug-likeness (QED) is 0.783. The standard InChI is InChI=1S/C12H22N2/c1-10(2)14(12(3,4)5)9-11-7-6-8-13-11/h6-8,10,13H,9H2,1-5H3.